The Morgan fingerprint density at radius 3 is 2.28 bits per heavy atom. The second-order valence-electron chi connectivity index (χ2n) is 3.99. The van der Waals surface area contributed by atoms with Crippen molar-refractivity contribution in [1.29, 1.82) is 0 Å². The third-order valence-electron chi connectivity index (χ3n) is 2.64. The van der Waals surface area contributed by atoms with Crippen molar-refractivity contribution in [1.82, 2.24) is 0 Å². The van der Waals surface area contributed by atoms with E-state index in [1.807, 2.05) is 30.3 Å². The van der Waals surface area contributed by atoms with Gasteiger partial charge in [-0.05, 0) is 41.3 Å². The predicted octanol–water partition coefficient (Wildman–Crippen LogP) is 4.32. The van der Waals surface area contributed by atoms with Gasteiger partial charge in [0.05, 0.1) is 0 Å². The van der Waals surface area contributed by atoms with Gasteiger partial charge in [0, 0.05) is 5.56 Å². The summed E-state index contributed by atoms with van der Waals surface area (Å²) in [5.74, 6) is 0. The van der Waals surface area contributed by atoms with E-state index in [-0.39, 0.29) is 0 Å². The van der Waals surface area contributed by atoms with Crippen LogP contribution in [0, 0.1) is 0 Å². The Morgan fingerprint density at radius 1 is 1.00 bits per heavy atom. The maximum atomic E-state index is 10.9. The predicted molar refractivity (Wildman–Crippen MR) is 75.8 cm³/mol. The van der Waals surface area contributed by atoms with Gasteiger partial charge in [0.25, 0.3) is 5.24 Å². The summed E-state index contributed by atoms with van der Waals surface area (Å²) >= 11 is 5.39. The van der Waals surface area contributed by atoms with E-state index in [1.165, 1.54) is 5.56 Å². The molecule has 0 fully saturated rings. The third kappa shape index (κ3) is 3.57. The Hall–Kier alpha value is -1.86. The standard InChI is InChI=1S/C16H13ClO/c17-16(18)15-11-9-14(10-12-15)8-4-7-13-5-2-1-3-6-13/h1-7,9-12H,8H2. The summed E-state index contributed by atoms with van der Waals surface area (Å²) in [6, 6.07) is 17.5. The van der Waals surface area contributed by atoms with Crippen molar-refractivity contribution in [2.75, 3.05) is 0 Å². The minimum Gasteiger partial charge on any atom is -0.276 e. The first-order chi connectivity index (χ1) is 8.75. The SMILES string of the molecule is O=C(Cl)c1ccc(CC=Cc2ccccc2)cc1. The summed E-state index contributed by atoms with van der Waals surface area (Å²) in [4.78, 5) is 10.9. The van der Waals surface area contributed by atoms with Gasteiger partial charge in [-0.2, -0.15) is 0 Å². The number of hydrogen-bond donors (Lipinski definition) is 0. The lowest BCUT2D eigenvalue weighted by molar-refractivity contribution is 0.108. The van der Waals surface area contributed by atoms with Crippen molar-refractivity contribution in [2.45, 2.75) is 6.42 Å². The molecule has 0 saturated heterocycles. The molecule has 0 unspecified atom stereocenters. The summed E-state index contributed by atoms with van der Waals surface area (Å²) in [5.41, 5.74) is 2.88. The lowest BCUT2D eigenvalue weighted by atomic mass is 10.1. The van der Waals surface area contributed by atoms with Crippen molar-refractivity contribution in [3.05, 3.63) is 77.4 Å². The number of carbonyl (C=O) groups is 1. The van der Waals surface area contributed by atoms with Gasteiger partial charge in [-0.15, -0.1) is 0 Å². The van der Waals surface area contributed by atoms with Crippen LogP contribution in [0.5, 0.6) is 0 Å². The molecule has 0 heterocycles. The van der Waals surface area contributed by atoms with Crippen LogP contribution in [0.1, 0.15) is 21.5 Å². The van der Waals surface area contributed by atoms with Crippen LogP contribution in [0.15, 0.2) is 60.7 Å². The molecule has 1 nitrogen and oxygen atoms in total. The zero-order valence-electron chi connectivity index (χ0n) is 9.84. The van der Waals surface area contributed by atoms with E-state index in [2.05, 4.69) is 24.3 Å². The zero-order chi connectivity index (χ0) is 12.8. The van der Waals surface area contributed by atoms with Crippen LogP contribution >= 0.6 is 11.6 Å². The first kappa shape index (κ1) is 12.6. The topological polar surface area (TPSA) is 17.1 Å². The molecule has 0 spiro atoms. The first-order valence-corrected chi connectivity index (χ1v) is 6.14. The number of benzene rings is 2. The highest BCUT2D eigenvalue weighted by molar-refractivity contribution is 6.67. The molecule has 90 valence electrons. The van der Waals surface area contributed by atoms with Gasteiger partial charge in [0.2, 0.25) is 0 Å². The molecule has 0 N–H and O–H groups in total. The van der Waals surface area contributed by atoms with Gasteiger partial charge >= 0.3 is 0 Å². The molecule has 0 atom stereocenters. The molecule has 0 saturated carbocycles. The fourth-order valence-corrected chi connectivity index (χ4v) is 1.79. The average Bonchev–Trinajstić information content (AvgIpc) is 2.40. The molecule has 0 aliphatic rings. The van der Waals surface area contributed by atoms with Crippen LogP contribution in [0.4, 0.5) is 0 Å². The van der Waals surface area contributed by atoms with Crippen molar-refractivity contribution in [3.63, 3.8) is 0 Å². The van der Waals surface area contributed by atoms with E-state index < -0.39 is 5.24 Å². The Kier molecular flexibility index (Phi) is 4.32. The quantitative estimate of drug-likeness (QED) is 0.745. The van der Waals surface area contributed by atoms with Crippen molar-refractivity contribution >= 4 is 22.9 Å². The molecule has 0 radical (unpaired) electrons. The normalized spacial score (nSPS) is 10.7. The van der Waals surface area contributed by atoms with Crippen molar-refractivity contribution < 1.29 is 4.79 Å². The smallest absolute Gasteiger partial charge is 0.252 e. The summed E-state index contributed by atoms with van der Waals surface area (Å²) in [5, 5.41) is -0.415. The van der Waals surface area contributed by atoms with Crippen LogP contribution in [-0.2, 0) is 6.42 Å². The molecule has 0 aliphatic heterocycles. The number of allylic oxidation sites excluding steroid dienone is 1. The molecule has 2 heteroatoms. The minimum absolute atomic E-state index is 0.415. The van der Waals surface area contributed by atoms with Crippen LogP contribution in [-0.4, -0.2) is 5.24 Å². The van der Waals surface area contributed by atoms with Crippen molar-refractivity contribution in [2.24, 2.45) is 0 Å². The Morgan fingerprint density at radius 2 is 1.67 bits per heavy atom. The Labute approximate surface area is 112 Å². The fraction of sp³-hybridized carbons (Fsp3) is 0.0625. The average molecular weight is 257 g/mol. The minimum atomic E-state index is -0.415. The molecular weight excluding hydrogens is 244 g/mol. The van der Waals surface area contributed by atoms with Gasteiger partial charge in [0.1, 0.15) is 0 Å². The van der Waals surface area contributed by atoms with Crippen molar-refractivity contribution in [3.8, 4) is 0 Å². The lowest BCUT2D eigenvalue weighted by Crippen LogP contribution is -1.89. The molecule has 2 rings (SSSR count). The second kappa shape index (κ2) is 6.18. The van der Waals surface area contributed by atoms with Gasteiger partial charge in [-0.1, -0.05) is 54.6 Å². The van der Waals surface area contributed by atoms with E-state index >= 15 is 0 Å². The van der Waals surface area contributed by atoms with E-state index in [9.17, 15) is 4.79 Å². The summed E-state index contributed by atoms with van der Waals surface area (Å²) in [6.45, 7) is 0. The fourth-order valence-electron chi connectivity index (χ4n) is 1.67. The highest BCUT2D eigenvalue weighted by atomic mass is 35.5. The highest BCUT2D eigenvalue weighted by Crippen LogP contribution is 2.09. The molecule has 0 aliphatic carbocycles. The summed E-state index contributed by atoms with van der Waals surface area (Å²) in [7, 11) is 0. The molecule has 0 bridgehead atoms. The molecule has 18 heavy (non-hydrogen) atoms. The number of rotatable bonds is 4. The zero-order valence-corrected chi connectivity index (χ0v) is 10.6. The van der Waals surface area contributed by atoms with Crippen LogP contribution < -0.4 is 0 Å². The maximum Gasteiger partial charge on any atom is 0.252 e. The largest absolute Gasteiger partial charge is 0.276 e. The molecule has 0 amide bonds. The molecule has 2 aromatic carbocycles. The Balaban J connectivity index is 1.98. The van der Waals surface area contributed by atoms with E-state index in [4.69, 9.17) is 11.6 Å². The number of hydrogen-bond acceptors (Lipinski definition) is 1. The molecule has 0 aromatic heterocycles. The Bertz CT molecular complexity index is 541. The third-order valence-corrected chi connectivity index (χ3v) is 2.86. The van der Waals surface area contributed by atoms with Crippen LogP contribution in [0.3, 0.4) is 0 Å². The van der Waals surface area contributed by atoms with Gasteiger partial charge in [-0.25, -0.2) is 0 Å². The molecule has 2 aromatic rings. The maximum absolute atomic E-state index is 10.9. The van der Waals surface area contributed by atoms with Gasteiger partial charge in [-0.3, -0.25) is 4.79 Å². The van der Waals surface area contributed by atoms with E-state index in [0.29, 0.717) is 5.56 Å². The van der Waals surface area contributed by atoms with E-state index in [0.717, 1.165) is 12.0 Å². The number of carbonyl (C=O) groups excluding carboxylic acids is 1. The first-order valence-electron chi connectivity index (χ1n) is 5.76. The van der Waals surface area contributed by atoms with E-state index in [1.54, 1.807) is 12.1 Å². The van der Waals surface area contributed by atoms with Gasteiger partial charge < -0.3 is 0 Å². The summed E-state index contributed by atoms with van der Waals surface area (Å²) in [6.07, 6.45) is 5.03. The molecular formula is C16H13ClO. The second-order valence-corrected chi connectivity index (χ2v) is 4.33. The van der Waals surface area contributed by atoms with Crippen LogP contribution in [0.2, 0.25) is 0 Å². The van der Waals surface area contributed by atoms with Gasteiger partial charge in [0.15, 0.2) is 0 Å². The highest BCUT2D eigenvalue weighted by Gasteiger charge is 1.99. The lowest BCUT2D eigenvalue weighted by Gasteiger charge is -1.98. The number of halogens is 1. The summed E-state index contributed by atoms with van der Waals surface area (Å²) < 4.78 is 0. The van der Waals surface area contributed by atoms with Crippen LogP contribution in [0.25, 0.3) is 6.08 Å². The monoisotopic (exact) mass is 256 g/mol.